The summed E-state index contributed by atoms with van der Waals surface area (Å²) in [6.45, 7) is 0.733. The van der Waals surface area contributed by atoms with Gasteiger partial charge in [-0.3, -0.25) is 0 Å². The summed E-state index contributed by atoms with van der Waals surface area (Å²) in [6, 6.07) is 0. The summed E-state index contributed by atoms with van der Waals surface area (Å²) in [6.07, 6.45) is 7.47. The molecule has 1 rings (SSSR count). The predicted molar refractivity (Wildman–Crippen MR) is 38.4 cm³/mol. The van der Waals surface area contributed by atoms with E-state index in [0.717, 1.165) is 6.61 Å². The van der Waals surface area contributed by atoms with E-state index in [-0.39, 0.29) is 0 Å². The summed E-state index contributed by atoms with van der Waals surface area (Å²) in [7, 11) is -4.67. The van der Waals surface area contributed by atoms with Gasteiger partial charge in [0.2, 0.25) is 0 Å². The highest BCUT2D eigenvalue weighted by Crippen LogP contribution is 1.87. The minimum atomic E-state index is -4.67. The SMILES string of the molecule is C1=CCOC=C1.NS(=O)(=O)F. The molecule has 0 unspecified atom stereocenters. The Kier molecular flexibility index (Phi) is 4.47. The Morgan fingerprint density at radius 2 is 2.00 bits per heavy atom. The van der Waals surface area contributed by atoms with Crippen molar-refractivity contribution in [3.63, 3.8) is 0 Å². The van der Waals surface area contributed by atoms with Crippen molar-refractivity contribution in [1.82, 2.24) is 0 Å². The average molecular weight is 181 g/mol. The molecule has 0 fully saturated rings. The normalized spacial score (nSPS) is 14.7. The van der Waals surface area contributed by atoms with Crippen LogP contribution < -0.4 is 5.14 Å². The molecule has 0 radical (unpaired) electrons. The second kappa shape index (κ2) is 4.86. The fourth-order valence-electron chi connectivity index (χ4n) is 0.346. The Balaban J connectivity index is 0.000000187. The standard InChI is InChI=1S/C5H6O.FH2NO2S/c1-2-4-6-5-3-1;1-5(2,3)4/h1-4H,5H2;(H2,2,3,4). The molecule has 1 aliphatic rings. The molecule has 0 aromatic carbocycles. The van der Waals surface area contributed by atoms with Gasteiger partial charge in [-0.2, -0.15) is 8.42 Å². The van der Waals surface area contributed by atoms with Gasteiger partial charge in [0.1, 0.15) is 6.61 Å². The fourth-order valence-corrected chi connectivity index (χ4v) is 0.346. The third kappa shape index (κ3) is 17.6. The first-order chi connectivity index (χ1) is 5.00. The summed E-state index contributed by atoms with van der Waals surface area (Å²) >= 11 is 0. The Labute approximate surface area is 64.5 Å². The van der Waals surface area contributed by atoms with E-state index in [0.29, 0.717) is 0 Å². The van der Waals surface area contributed by atoms with Crippen LogP contribution in [0, 0.1) is 0 Å². The Hall–Kier alpha value is -0.880. The quantitative estimate of drug-likeness (QED) is 0.544. The Bertz CT molecular complexity index is 224. The third-order valence-corrected chi connectivity index (χ3v) is 0.614. The second-order valence-electron chi connectivity index (χ2n) is 1.57. The van der Waals surface area contributed by atoms with Gasteiger partial charge in [0.05, 0.1) is 6.26 Å². The largest absolute Gasteiger partial charge is 0.497 e. The van der Waals surface area contributed by atoms with Crippen LogP contribution in [0.15, 0.2) is 24.5 Å². The maximum atomic E-state index is 10.4. The minimum Gasteiger partial charge on any atom is -0.497 e. The number of nitrogens with two attached hydrogens (primary N) is 1. The molecule has 0 saturated heterocycles. The van der Waals surface area contributed by atoms with Crippen LogP contribution in [0.3, 0.4) is 0 Å². The molecule has 0 atom stereocenters. The maximum absolute atomic E-state index is 10.4. The van der Waals surface area contributed by atoms with Gasteiger partial charge >= 0.3 is 10.4 Å². The lowest BCUT2D eigenvalue weighted by atomic mass is 10.5. The maximum Gasteiger partial charge on any atom is 0.369 e. The molecule has 6 heteroatoms. The van der Waals surface area contributed by atoms with Gasteiger partial charge in [-0.15, -0.1) is 0 Å². The van der Waals surface area contributed by atoms with E-state index in [9.17, 15) is 3.89 Å². The highest BCUT2D eigenvalue weighted by molar-refractivity contribution is 7.83. The van der Waals surface area contributed by atoms with Crippen LogP contribution >= 0.6 is 0 Å². The molecular formula is C5H8FNO3S. The van der Waals surface area contributed by atoms with Crippen LogP contribution in [0.5, 0.6) is 0 Å². The number of allylic oxidation sites excluding steroid dienone is 2. The van der Waals surface area contributed by atoms with Crippen molar-refractivity contribution in [2.24, 2.45) is 5.14 Å². The second-order valence-corrected chi connectivity index (χ2v) is 2.52. The molecular weight excluding hydrogens is 173 g/mol. The van der Waals surface area contributed by atoms with Gasteiger partial charge in [0, 0.05) is 0 Å². The molecule has 0 bridgehead atoms. The van der Waals surface area contributed by atoms with Crippen molar-refractivity contribution in [2.75, 3.05) is 6.61 Å². The number of hydrogen-bond acceptors (Lipinski definition) is 3. The van der Waals surface area contributed by atoms with E-state index in [1.54, 1.807) is 6.26 Å². The van der Waals surface area contributed by atoms with E-state index in [1.807, 2.05) is 18.2 Å². The van der Waals surface area contributed by atoms with Crippen molar-refractivity contribution in [1.29, 1.82) is 0 Å². The molecule has 0 aliphatic carbocycles. The van der Waals surface area contributed by atoms with Gasteiger partial charge in [-0.05, 0) is 12.2 Å². The van der Waals surface area contributed by atoms with Crippen molar-refractivity contribution in [2.45, 2.75) is 0 Å². The lowest BCUT2D eigenvalue weighted by Crippen LogP contribution is -2.01. The lowest BCUT2D eigenvalue weighted by molar-refractivity contribution is 0.286. The minimum absolute atomic E-state index is 0.733. The van der Waals surface area contributed by atoms with E-state index in [4.69, 9.17) is 13.2 Å². The van der Waals surface area contributed by atoms with Crippen LogP contribution in [0.4, 0.5) is 3.89 Å². The lowest BCUT2D eigenvalue weighted by Gasteiger charge is -1.94. The van der Waals surface area contributed by atoms with Crippen molar-refractivity contribution in [3.8, 4) is 0 Å². The van der Waals surface area contributed by atoms with Crippen molar-refractivity contribution < 1.29 is 17.0 Å². The summed E-state index contributed by atoms with van der Waals surface area (Å²) in [5.41, 5.74) is 0. The van der Waals surface area contributed by atoms with Crippen molar-refractivity contribution >= 4 is 10.4 Å². The summed E-state index contributed by atoms with van der Waals surface area (Å²) < 4.78 is 32.7. The third-order valence-electron chi connectivity index (χ3n) is 0.614. The van der Waals surface area contributed by atoms with Crippen LogP contribution in [-0.2, 0) is 15.1 Å². The molecule has 0 spiro atoms. The van der Waals surface area contributed by atoms with Crippen LogP contribution in [0.1, 0.15) is 0 Å². The first-order valence-corrected chi connectivity index (χ1v) is 4.10. The molecule has 2 N–H and O–H groups in total. The van der Waals surface area contributed by atoms with E-state index < -0.39 is 10.4 Å². The first-order valence-electron chi connectivity index (χ1n) is 2.66. The van der Waals surface area contributed by atoms with Crippen molar-refractivity contribution in [3.05, 3.63) is 24.5 Å². The topological polar surface area (TPSA) is 69.4 Å². The Morgan fingerprint density at radius 3 is 2.09 bits per heavy atom. The molecule has 1 heterocycles. The molecule has 0 saturated carbocycles. The molecule has 0 aromatic heterocycles. The molecule has 4 nitrogen and oxygen atoms in total. The number of halogens is 1. The molecule has 0 amide bonds. The summed E-state index contributed by atoms with van der Waals surface area (Å²) in [5.74, 6) is 0. The fraction of sp³-hybridized carbons (Fsp3) is 0.200. The van der Waals surface area contributed by atoms with E-state index >= 15 is 0 Å². The predicted octanol–water partition coefficient (Wildman–Crippen LogP) is 0.246. The van der Waals surface area contributed by atoms with Gasteiger partial charge in [0.15, 0.2) is 0 Å². The van der Waals surface area contributed by atoms with Gasteiger partial charge in [0.25, 0.3) is 0 Å². The number of hydrogen-bond donors (Lipinski definition) is 1. The highest BCUT2D eigenvalue weighted by atomic mass is 32.3. The number of ether oxygens (including phenoxy) is 1. The average Bonchev–Trinajstić information content (AvgIpc) is 1.88. The molecule has 0 aromatic rings. The van der Waals surface area contributed by atoms with E-state index in [1.165, 1.54) is 0 Å². The van der Waals surface area contributed by atoms with Gasteiger partial charge in [-0.25, -0.2) is 5.14 Å². The highest BCUT2D eigenvalue weighted by Gasteiger charge is 1.86. The summed E-state index contributed by atoms with van der Waals surface area (Å²) in [4.78, 5) is 0. The molecule has 1 aliphatic heterocycles. The molecule has 64 valence electrons. The zero-order valence-electron chi connectivity index (χ0n) is 5.60. The van der Waals surface area contributed by atoms with E-state index in [2.05, 4.69) is 5.14 Å². The zero-order valence-corrected chi connectivity index (χ0v) is 6.42. The zero-order chi connectivity index (χ0) is 8.74. The summed E-state index contributed by atoms with van der Waals surface area (Å²) in [5, 5.41) is 3.66. The van der Waals surface area contributed by atoms with Crippen LogP contribution in [0.2, 0.25) is 0 Å². The van der Waals surface area contributed by atoms with Gasteiger partial charge < -0.3 is 4.74 Å². The first kappa shape index (κ1) is 10.1. The van der Waals surface area contributed by atoms with Crippen LogP contribution in [0.25, 0.3) is 0 Å². The Morgan fingerprint density at radius 1 is 1.45 bits per heavy atom. The molecule has 11 heavy (non-hydrogen) atoms. The van der Waals surface area contributed by atoms with Crippen LogP contribution in [-0.4, -0.2) is 15.0 Å². The number of rotatable bonds is 0. The smallest absolute Gasteiger partial charge is 0.369 e. The van der Waals surface area contributed by atoms with Gasteiger partial charge in [-0.1, -0.05) is 9.96 Å². The monoisotopic (exact) mass is 181 g/mol.